The quantitative estimate of drug-likeness (QED) is 0.787. The van der Waals surface area contributed by atoms with Crippen LogP contribution < -0.4 is 16.0 Å². The van der Waals surface area contributed by atoms with Crippen LogP contribution in [0, 0.1) is 0 Å². The van der Waals surface area contributed by atoms with Gasteiger partial charge in [0.25, 0.3) is 0 Å². The van der Waals surface area contributed by atoms with Gasteiger partial charge in [-0.25, -0.2) is 4.79 Å². The molecule has 1 fully saturated rings. The van der Waals surface area contributed by atoms with Gasteiger partial charge in [0.05, 0.1) is 22.6 Å². The Morgan fingerprint density at radius 3 is 2.29 bits per heavy atom. The lowest BCUT2D eigenvalue weighted by atomic mass is 10.1. The second kappa shape index (κ2) is 6.41. The number of nitrogen functional groups attached to an aromatic ring is 1. The Bertz CT molecular complexity index is 618. The molecule has 0 saturated carbocycles. The third-order valence-electron chi connectivity index (χ3n) is 3.56. The molecule has 0 unspecified atom stereocenters. The molecular weight excluding hydrogens is 323 g/mol. The maximum Gasteiger partial charge on any atom is 0.418 e. The van der Waals surface area contributed by atoms with Crippen molar-refractivity contribution in [3.05, 3.63) is 17.7 Å². The van der Waals surface area contributed by atoms with Crippen LogP contribution in [-0.4, -0.2) is 24.8 Å². The number of benzene rings is 1. The van der Waals surface area contributed by atoms with E-state index in [0.717, 1.165) is 18.9 Å². The van der Waals surface area contributed by atoms with Gasteiger partial charge < -0.3 is 15.4 Å². The first-order valence-electron chi connectivity index (χ1n) is 7.73. The zero-order valence-corrected chi connectivity index (χ0v) is 14.0. The molecule has 1 saturated heterocycles. The number of hydrogen-bond donors (Lipinski definition) is 2. The lowest BCUT2D eigenvalue weighted by Crippen LogP contribution is -2.28. The zero-order valence-electron chi connectivity index (χ0n) is 14.0. The highest BCUT2D eigenvalue weighted by Crippen LogP contribution is 2.41. The number of nitrogens with two attached hydrogens (primary N) is 1. The Labute approximate surface area is 138 Å². The summed E-state index contributed by atoms with van der Waals surface area (Å²) >= 11 is 0. The molecule has 0 aliphatic carbocycles. The van der Waals surface area contributed by atoms with Crippen molar-refractivity contribution in [2.75, 3.05) is 29.0 Å². The lowest BCUT2D eigenvalue weighted by molar-refractivity contribution is -0.137. The molecule has 1 heterocycles. The van der Waals surface area contributed by atoms with Crippen LogP contribution in [0.5, 0.6) is 0 Å². The van der Waals surface area contributed by atoms with Crippen molar-refractivity contribution in [1.82, 2.24) is 0 Å². The molecule has 1 aromatic rings. The number of nitrogens with one attached hydrogen (secondary N) is 1. The van der Waals surface area contributed by atoms with Crippen molar-refractivity contribution >= 4 is 23.2 Å². The van der Waals surface area contributed by atoms with E-state index in [9.17, 15) is 18.0 Å². The third kappa shape index (κ3) is 4.46. The van der Waals surface area contributed by atoms with Crippen LogP contribution in [-0.2, 0) is 10.9 Å². The fourth-order valence-corrected chi connectivity index (χ4v) is 2.57. The highest BCUT2D eigenvalue weighted by atomic mass is 19.4. The topological polar surface area (TPSA) is 67.6 Å². The molecule has 0 aromatic heterocycles. The summed E-state index contributed by atoms with van der Waals surface area (Å²) in [6, 6.07) is 2.13. The molecule has 8 heteroatoms. The number of alkyl halides is 3. The number of amides is 1. The highest BCUT2D eigenvalue weighted by molar-refractivity contribution is 5.91. The summed E-state index contributed by atoms with van der Waals surface area (Å²) in [6.07, 6.45) is -3.62. The minimum absolute atomic E-state index is 0.0280. The second-order valence-corrected chi connectivity index (χ2v) is 6.78. The summed E-state index contributed by atoms with van der Waals surface area (Å²) in [6.45, 7) is 6.16. The SMILES string of the molecule is CC(C)(C)OC(=O)Nc1cc(N2CCCC2)c(C(F)(F)F)cc1N. The van der Waals surface area contributed by atoms with Crippen molar-refractivity contribution < 1.29 is 22.7 Å². The normalized spacial score (nSPS) is 15.5. The first-order valence-corrected chi connectivity index (χ1v) is 7.73. The second-order valence-electron chi connectivity index (χ2n) is 6.78. The van der Waals surface area contributed by atoms with E-state index in [1.165, 1.54) is 6.07 Å². The fraction of sp³-hybridized carbons (Fsp3) is 0.562. The fourth-order valence-electron chi connectivity index (χ4n) is 2.57. The molecule has 2 rings (SSSR count). The Morgan fingerprint density at radius 1 is 1.21 bits per heavy atom. The van der Waals surface area contributed by atoms with Crippen LogP contribution in [0.1, 0.15) is 39.2 Å². The van der Waals surface area contributed by atoms with Crippen LogP contribution in [0.25, 0.3) is 0 Å². The van der Waals surface area contributed by atoms with Crippen molar-refractivity contribution in [2.24, 2.45) is 0 Å². The Hall–Kier alpha value is -2.12. The van der Waals surface area contributed by atoms with Crippen LogP contribution in [0.4, 0.5) is 35.0 Å². The van der Waals surface area contributed by atoms with Gasteiger partial charge in [-0.3, -0.25) is 5.32 Å². The predicted octanol–water partition coefficient (Wildman–Crippen LogP) is 4.23. The van der Waals surface area contributed by atoms with Gasteiger partial charge in [-0.05, 0) is 45.7 Å². The van der Waals surface area contributed by atoms with E-state index in [1.54, 1.807) is 25.7 Å². The number of ether oxygens (including phenoxy) is 1. The van der Waals surface area contributed by atoms with Gasteiger partial charge >= 0.3 is 12.3 Å². The highest BCUT2D eigenvalue weighted by Gasteiger charge is 2.36. The number of halogens is 3. The maximum atomic E-state index is 13.3. The van der Waals surface area contributed by atoms with Gasteiger partial charge in [0.15, 0.2) is 0 Å². The molecule has 0 bridgehead atoms. The molecule has 1 aliphatic heterocycles. The predicted molar refractivity (Wildman–Crippen MR) is 87.2 cm³/mol. The smallest absolute Gasteiger partial charge is 0.418 e. The number of carbonyl (C=O) groups excluding carboxylic acids is 1. The molecule has 134 valence electrons. The zero-order chi connectivity index (χ0) is 18.1. The van der Waals surface area contributed by atoms with Crippen molar-refractivity contribution in [3.8, 4) is 0 Å². The minimum Gasteiger partial charge on any atom is -0.444 e. The average molecular weight is 345 g/mol. The van der Waals surface area contributed by atoms with E-state index in [4.69, 9.17) is 10.5 Å². The summed E-state index contributed by atoms with van der Waals surface area (Å²) < 4.78 is 45.0. The molecule has 1 aliphatic rings. The molecule has 1 amide bonds. The summed E-state index contributed by atoms with van der Waals surface area (Å²) in [5, 5.41) is 2.43. The van der Waals surface area contributed by atoms with E-state index in [2.05, 4.69) is 5.32 Å². The molecule has 5 nitrogen and oxygen atoms in total. The van der Waals surface area contributed by atoms with E-state index in [-0.39, 0.29) is 17.1 Å². The minimum atomic E-state index is -4.52. The first kappa shape index (κ1) is 18.2. The van der Waals surface area contributed by atoms with Crippen LogP contribution >= 0.6 is 0 Å². The molecule has 0 atom stereocenters. The number of carbonyl (C=O) groups is 1. The van der Waals surface area contributed by atoms with Gasteiger partial charge in [0, 0.05) is 13.1 Å². The molecule has 0 spiro atoms. The monoisotopic (exact) mass is 345 g/mol. The first-order chi connectivity index (χ1) is 11.0. The van der Waals surface area contributed by atoms with Crippen LogP contribution in [0.3, 0.4) is 0 Å². The van der Waals surface area contributed by atoms with Crippen molar-refractivity contribution in [2.45, 2.75) is 45.4 Å². The van der Waals surface area contributed by atoms with E-state index in [0.29, 0.717) is 13.1 Å². The Morgan fingerprint density at radius 2 is 1.79 bits per heavy atom. The van der Waals surface area contributed by atoms with E-state index < -0.39 is 23.4 Å². The number of hydrogen-bond acceptors (Lipinski definition) is 4. The van der Waals surface area contributed by atoms with E-state index in [1.807, 2.05) is 0 Å². The lowest BCUT2D eigenvalue weighted by Gasteiger charge is -2.25. The maximum absolute atomic E-state index is 13.3. The van der Waals surface area contributed by atoms with Gasteiger partial charge in [0.2, 0.25) is 0 Å². The van der Waals surface area contributed by atoms with Gasteiger partial charge in [-0.1, -0.05) is 0 Å². The average Bonchev–Trinajstić information content (AvgIpc) is 2.91. The number of nitrogens with zero attached hydrogens (tertiary/aromatic N) is 1. The summed E-state index contributed by atoms with van der Waals surface area (Å²) in [4.78, 5) is 13.5. The van der Waals surface area contributed by atoms with E-state index >= 15 is 0 Å². The Balaban J connectivity index is 2.36. The molecular formula is C16H22F3N3O2. The van der Waals surface area contributed by atoms with Crippen LogP contribution in [0.2, 0.25) is 0 Å². The summed E-state index contributed by atoms with van der Waals surface area (Å²) in [5.41, 5.74) is 4.18. The molecule has 0 radical (unpaired) electrons. The largest absolute Gasteiger partial charge is 0.444 e. The third-order valence-corrected chi connectivity index (χ3v) is 3.56. The number of anilines is 3. The summed E-state index contributed by atoms with van der Waals surface area (Å²) in [5.74, 6) is 0. The molecule has 3 N–H and O–H groups in total. The van der Waals surface area contributed by atoms with Crippen molar-refractivity contribution in [3.63, 3.8) is 0 Å². The molecule has 24 heavy (non-hydrogen) atoms. The van der Waals surface area contributed by atoms with Gasteiger partial charge in [-0.2, -0.15) is 13.2 Å². The standard InChI is InChI=1S/C16H22F3N3O2/c1-15(2,3)24-14(23)21-12-9-13(22-6-4-5-7-22)10(8-11(12)20)16(17,18)19/h8-9H,4-7,20H2,1-3H3,(H,21,23). The Kier molecular flexibility index (Phi) is 4.87. The number of rotatable bonds is 2. The summed E-state index contributed by atoms with van der Waals surface area (Å²) in [7, 11) is 0. The van der Waals surface area contributed by atoms with Gasteiger partial charge in [-0.15, -0.1) is 0 Å². The van der Waals surface area contributed by atoms with Gasteiger partial charge in [0.1, 0.15) is 5.60 Å². The van der Waals surface area contributed by atoms with Crippen molar-refractivity contribution in [1.29, 1.82) is 0 Å². The van der Waals surface area contributed by atoms with Crippen LogP contribution in [0.15, 0.2) is 12.1 Å². The molecule has 1 aromatic carbocycles.